The minimum Gasteiger partial charge on any atom is -0.302 e. The van der Waals surface area contributed by atoms with Crippen LogP contribution in [0.2, 0.25) is 0 Å². The molecule has 0 bridgehead atoms. The summed E-state index contributed by atoms with van der Waals surface area (Å²) in [4.78, 5) is 5.67. The minimum absolute atomic E-state index is 0. The average Bonchev–Trinajstić information content (AvgIpc) is 2.61. The normalized spacial score (nSPS) is 24.4. The second kappa shape index (κ2) is 12.8. The highest BCUT2D eigenvalue weighted by Gasteiger charge is 2.25. The molecule has 0 aromatic carbocycles. The van der Waals surface area contributed by atoms with Crippen LogP contribution in [0.25, 0.3) is 0 Å². The molecule has 4 heteroatoms. The van der Waals surface area contributed by atoms with Gasteiger partial charge in [0.05, 0.1) is 0 Å². The van der Waals surface area contributed by atoms with Gasteiger partial charge in [0.15, 0.2) is 0 Å². The van der Waals surface area contributed by atoms with Crippen molar-refractivity contribution >= 4 is 24.8 Å². The molecule has 0 radical (unpaired) electrons. The average molecular weight is 379 g/mol. The quantitative estimate of drug-likeness (QED) is 0.599. The van der Waals surface area contributed by atoms with Crippen molar-refractivity contribution < 1.29 is 0 Å². The summed E-state index contributed by atoms with van der Waals surface area (Å²) in [7, 11) is 0. The Labute approximate surface area is 162 Å². The van der Waals surface area contributed by atoms with Crippen LogP contribution in [0, 0.1) is 5.92 Å². The topological polar surface area (TPSA) is 6.48 Å². The lowest BCUT2D eigenvalue weighted by Gasteiger charge is -2.39. The Balaban J connectivity index is 0.00000144. The number of rotatable bonds is 6. The number of halogens is 2. The summed E-state index contributed by atoms with van der Waals surface area (Å²) in [5, 5.41) is 0. The molecule has 0 spiro atoms. The zero-order valence-corrected chi connectivity index (χ0v) is 17.2. The van der Waals surface area contributed by atoms with Gasteiger partial charge >= 0.3 is 0 Å². The molecule has 3 rings (SSSR count). The van der Waals surface area contributed by atoms with E-state index in [0.29, 0.717) is 0 Å². The van der Waals surface area contributed by atoms with Crippen molar-refractivity contribution in [3.8, 4) is 0 Å². The van der Waals surface area contributed by atoms with Gasteiger partial charge in [0, 0.05) is 25.7 Å². The van der Waals surface area contributed by atoms with E-state index in [9.17, 15) is 0 Å². The highest BCUT2D eigenvalue weighted by Crippen LogP contribution is 2.28. The van der Waals surface area contributed by atoms with E-state index >= 15 is 0 Å². The summed E-state index contributed by atoms with van der Waals surface area (Å²) in [6, 6.07) is 0.917. The lowest BCUT2D eigenvalue weighted by atomic mass is 9.87. The molecule has 3 aliphatic rings. The molecule has 0 unspecified atom stereocenters. The van der Waals surface area contributed by atoms with Gasteiger partial charge in [-0.1, -0.05) is 44.9 Å². The predicted octanol–water partition coefficient (Wildman–Crippen LogP) is 5.53. The second-order valence-electron chi connectivity index (χ2n) is 8.19. The van der Waals surface area contributed by atoms with Crippen LogP contribution in [0.4, 0.5) is 0 Å². The minimum atomic E-state index is 0. The molecule has 0 aromatic heterocycles. The number of hydrogen-bond acceptors (Lipinski definition) is 2. The van der Waals surface area contributed by atoms with Crippen LogP contribution >= 0.6 is 24.8 Å². The van der Waals surface area contributed by atoms with Crippen molar-refractivity contribution in [1.82, 2.24) is 9.80 Å². The zero-order chi connectivity index (χ0) is 15.0. The van der Waals surface area contributed by atoms with E-state index in [0.717, 1.165) is 12.0 Å². The molecule has 2 nitrogen and oxygen atoms in total. The van der Waals surface area contributed by atoms with Gasteiger partial charge in [-0.15, -0.1) is 24.8 Å². The maximum absolute atomic E-state index is 2.93. The lowest BCUT2D eigenvalue weighted by molar-refractivity contribution is 0.0995. The highest BCUT2D eigenvalue weighted by atomic mass is 35.5. The van der Waals surface area contributed by atoms with Gasteiger partial charge in [-0.2, -0.15) is 0 Å². The van der Waals surface area contributed by atoms with E-state index < -0.39 is 0 Å². The Hall–Kier alpha value is 0.500. The summed E-state index contributed by atoms with van der Waals surface area (Å²) in [6.07, 6.45) is 19.2. The van der Waals surface area contributed by atoms with E-state index in [-0.39, 0.29) is 24.8 Å². The molecule has 0 aromatic rings. The van der Waals surface area contributed by atoms with Gasteiger partial charge in [-0.3, -0.25) is 4.90 Å². The van der Waals surface area contributed by atoms with Crippen molar-refractivity contribution in [2.45, 2.75) is 89.5 Å². The van der Waals surface area contributed by atoms with Gasteiger partial charge in [-0.05, 0) is 57.5 Å². The van der Waals surface area contributed by atoms with Gasteiger partial charge in [0.2, 0.25) is 0 Å². The Bertz CT molecular complexity index is 296. The Morgan fingerprint density at radius 1 is 0.667 bits per heavy atom. The van der Waals surface area contributed by atoms with Crippen molar-refractivity contribution in [2.24, 2.45) is 5.92 Å². The van der Waals surface area contributed by atoms with E-state index in [2.05, 4.69) is 9.80 Å². The van der Waals surface area contributed by atoms with Crippen molar-refractivity contribution in [3.63, 3.8) is 0 Å². The molecule has 1 heterocycles. The molecule has 2 saturated carbocycles. The molecule has 0 amide bonds. The third-order valence-electron chi connectivity index (χ3n) is 6.46. The van der Waals surface area contributed by atoms with Crippen LogP contribution in [-0.2, 0) is 0 Å². The van der Waals surface area contributed by atoms with Crippen LogP contribution in [0.15, 0.2) is 0 Å². The van der Waals surface area contributed by atoms with Crippen LogP contribution < -0.4 is 0 Å². The van der Waals surface area contributed by atoms with Crippen molar-refractivity contribution in [2.75, 3.05) is 32.7 Å². The van der Waals surface area contributed by atoms with Crippen LogP contribution in [-0.4, -0.2) is 48.6 Å². The van der Waals surface area contributed by atoms with E-state index in [1.165, 1.54) is 116 Å². The maximum atomic E-state index is 2.93. The van der Waals surface area contributed by atoms with Crippen LogP contribution in [0.3, 0.4) is 0 Å². The zero-order valence-electron chi connectivity index (χ0n) is 15.6. The Morgan fingerprint density at radius 3 is 1.83 bits per heavy atom. The third-order valence-corrected chi connectivity index (χ3v) is 6.46. The first kappa shape index (κ1) is 22.5. The first-order valence-corrected chi connectivity index (χ1v) is 10.4. The molecule has 1 saturated heterocycles. The van der Waals surface area contributed by atoms with Gasteiger partial charge in [0.25, 0.3) is 0 Å². The van der Waals surface area contributed by atoms with E-state index in [1.54, 1.807) is 0 Å². The molecular weight excluding hydrogens is 339 g/mol. The first-order chi connectivity index (χ1) is 10.9. The standard InChI is InChI=1S/C20H38N2.2ClH/c1-4-10-19(11-5-1)18-22(20-12-6-2-7-13-20)17-16-21-14-8-3-9-15-21;;/h19-20H,1-18H2;2*1H. The summed E-state index contributed by atoms with van der Waals surface area (Å²) in [5.41, 5.74) is 0. The van der Waals surface area contributed by atoms with E-state index in [1.807, 2.05) is 0 Å². The maximum Gasteiger partial charge on any atom is 0.0112 e. The molecule has 0 N–H and O–H groups in total. The summed E-state index contributed by atoms with van der Waals surface area (Å²) >= 11 is 0. The molecular formula is C20H40Cl2N2. The number of likely N-dealkylation sites (tertiary alicyclic amines) is 1. The summed E-state index contributed by atoms with van der Waals surface area (Å²) in [6.45, 7) is 6.83. The van der Waals surface area contributed by atoms with Gasteiger partial charge in [-0.25, -0.2) is 0 Å². The van der Waals surface area contributed by atoms with Crippen molar-refractivity contribution in [1.29, 1.82) is 0 Å². The number of hydrogen-bond donors (Lipinski definition) is 0. The monoisotopic (exact) mass is 378 g/mol. The highest BCUT2D eigenvalue weighted by molar-refractivity contribution is 5.85. The smallest absolute Gasteiger partial charge is 0.0112 e. The first-order valence-electron chi connectivity index (χ1n) is 10.4. The molecule has 3 fully saturated rings. The number of nitrogens with zero attached hydrogens (tertiary/aromatic N) is 2. The van der Waals surface area contributed by atoms with E-state index in [4.69, 9.17) is 0 Å². The fraction of sp³-hybridized carbons (Fsp3) is 1.00. The van der Waals surface area contributed by atoms with Crippen LogP contribution in [0.1, 0.15) is 83.5 Å². The molecule has 1 aliphatic heterocycles. The predicted molar refractivity (Wildman–Crippen MR) is 110 cm³/mol. The lowest BCUT2D eigenvalue weighted by Crippen LogP contribution is -2.45. The Morgan fingerprint density at radius 2 is 1.21 bits per heavy atom. The number of piperidine rings is 1. The van der Waals surface area contributed by atoms with Crippen LogP contribution in [0.5, 0.6) is 0 Å². The summed E-state index contributed by atoms with van der Waals surface area (Å²) < 4.78 is 0. The largest absolute Gasteiger partial charge is 0.302 e. The summed E-state index contributed by atoms with van der Waals surface area (Å²) in [5.74, 6) is 1.01. The van der Waals surface area contributed by atoms with Gasteiger partial charge in [0.1, 0.15) is 0 Å². The Kier molecular flexibility index (Phi) is 12.0. The molecule has 24 heavy (non-hydrogen) atoms. The fourth-order valence-electron chi connectivity index (χ4n) is 5.02. The molecule has 144 valence electrons. The molecule has 2 aliphatic carbocycles. The van der Waals surface area contributed by atoms with Crippen molar-refractivity contribution in [3.05, 3.63) is 0 Å². The second-order valence-corrected chi connectivity index (χ2v) is 8.19. The molecule has 0 atom stereocenters. The van der Waals surface area contributed by atoms with Gasteiger partial charge < -0.3 is 4.90 Å². The fourth-order valence-corrected chi connectivity index (χ4v) is 5.02. The third kappa shape index (κ3) is 7.40. The SMILES string of the molecule is C1CCC(CN(CCN2CCCCC2)C2CCCCC2)CC1.Cl.Cl.